The number of rotatable bonds is 3. The van der Waals surface area contributed by atoms with Gasteiger partial charge >= 0.3 is 0 Å². The first kappa shape index (κ1) is 15.1. The molecule has 0 aromatic carbocycles. The second kappa shape index (κ2) is 6.12. The summed E-state index contributed by atoms with van der Waals surface area (Å²) in [6, 6.07) is 0. The molecule has 2 heterocycles. The van der Waals surface area contributed by atoms with Gasteiger partial charge in [-0.3, -0.25) is 4.79 Å². The molecule has 0 bridgehead atoms. The summed E-state index contributed by atoms with van der Waals surface area (Å²) in [5.41, 5.74) is 2.46. The van der Waals surface area contributed by atoms with Crippen LogP contribution in [0, 0.1) is 20.8 Å². The Balaban J connectivity index is 1.69. The predicted octanol–water partition coefficient (Wildman–Crippen LogP) is 2.71. The summed E-state index contributed by atoms with van der Waals surface area (Å²) >= 11 is 1.78. The number of nitrogens with zero attached hydrogens (tertiary/aromatic N) is 3. The van der Waals surface area contributed by atoms with Gasteiger partial charge in [-0.25, -0.2) is 15.0 Å². The van der Waals surface area contributed by atoms with Gasteiger partial charge in [0.25, 0.3) is 5.91 Å². The van der Waals surface area contributed by atoms with E-state index in [1.807, 2.05) is 20.8 Å². The average molecular weight is 316 g/mol. The Morgan fingerprint density at radius 3 is 2.95 bits per heavy atom. The summed E-state index contributed by atoms with van der Waals surface area (Å²) in [5, 5.41) is 4.14. The van der Waals surface area contributed by atoms with Crippen LogP contribution in [0.3, 0.4) is 0 Å². The van der Waals surface area contributed by atoms with Gasteiger partial charge in [0, 0.05) is 23.5 Å². The molecule has 1 N–H and O–H groups in total. The van der Waals surface area contributed by atoms with Crippen molar-refractivity contribution in [2.24, 2.45) is 0 Å². The third-order valence-electron chi connectivity index (χ3n) is 4.03. The van der Waals surface area contributed by atoms with Crippen molar-refractivity contribution in [1.82, 2.24) is 20.3 Å². The molecular formula is C16H20N4OS. The molecule has 22 heavy (non-hydrogen) atoms. The lowest BCUT2D eigenvalue weighted by atomic mass is 9.91. The SMILES string of the molecule is Cc1ncc(C(=O)NCC2CCCc3sc(C)nc32)c(C)n1. The largest absolute Gasteiger partial charge is 0.351 e. The molecule has 1 atom stereocenters. The summed E-state index contributed by atoms with van der Waals surface area (Å²) in [6.45, 7) is 6.34. The zero-order chi connectivity index (χ0) is 15.7. The second-order valence-electron chi connectivity index (χ2n) is 5.76. The summed E-state index contributed by atoms with van der Waals surface area (Å²) in [5.74, 6) is 0.907. The molecule has 116 valence electrons. The quantitative estimate of drug-likeness (QED) is 0.945. The summed E-state index contributed by atoms with van der Waals surface area (Å²) < 4.78 is 0. The number of nitrogens with one attached hydrogen (secondary N) is 1. The van der Waals surface area contributed by atoms with Gasteiger partial charge in [0.1, 0.15) is 5.82 Å². The first-order valence-corrected chi connectivity index (χ1v) is 8.41. The number of fused-ring (bicyclic) bond motifs is 1. The third kappa shape index (κ3) is 3.02. The maximum atomic E-state index is 12.3. The van der Waals surface area contributed by atoms with Crippen LogP contribution in [0.5, 0.6) is 0 Å². The highest BCUT2D eigenvalue weighted by atomic mass is 32.1. The lowest BCUT2D eigenvalue weighted by Gasteiger charge is -2.21. The first-order chi connectivity index (χ1) is 10.5. The minimum absolute atomic E-state index is 0.100. The van der Waals surface area contributed by atoms with Crippen LogP contribution < -0.4 is 5.32 Å². The molecule has 1 unspecified atom stereocenters. The minimum Gasteiger partial charge on any atom is -0.351 e. The Morgan fingerprint density at radius 2 is 2.18 bits per heavy atom. The lowest BCUT2D eigenvalue weighted by molar-refractivity contribution is 0.0948. The van der Waals surface area contributed by atoms with Crippen molar-refractivity contribution in [3.05, 3.63) is 38.9 Å². The lowest BCUT2D eigenvalue weighted by Crippen LogP contribution is -2.30. The van der Waals surface area contributed by atoms with E-state index >= 15 is 0 Å². The maximum Gasteiger partial charge on any atom is 0.254 e. The van der Waals surface area contributed by atoms with Crippen molar-refractivity contribution in [3.63, 3.8) is 0 Å². The zero-order valence-corrected chi connectivity index (χ0v) is 14.0. The van der Waals surface area contributed by atoms with Crippen LogP contribution in [0.25, 0.3) is 0 Å². The standard InChI is InChI=1S/C16H20N4OS/c1-9-13(8-17-10(2)19-9)16(21)18-7-12-5-4-6-14-15(12)20-11(3)22-14/h8,12H,4-7H2,1-3H3,(H,18,21). The number of hydrogen-bond acceptors (Lipinski definition) is 5. The smallest absolute Gasteiger partial charge is 0.254 e. The van der Waals surface area contributed by atoms with Crippen LogP contribution in [0.4, 0.5) is 0 Å². The molecule has 3 rings (SSSR count). The molecule has 0 saturated carbocycles. The van der Waals surface area contributed by atoms with Gasteiger partial charge < -0.3 is 5.32 Å². The van der Waals surface area contributed by atoms with E-state index in [1.54, 1.807) is 17.5 Å². The van der Waals surface area contributed by atoms with Crippen molar-refractivity contribution in [1.29, 1.82) is 0 Å². The van der Waals surface area contributed by atoms with Crippen molar-refractivity contribution < 1.29 is 4.79 Å². The van der Waals surface area contributed by atoms with Gasteiger partial charge in [0.05, 0.1) is 22.0 Å². The number of thiazole rings is 1. The van der Waals surface area contributed by atoms with E-state index in [0.717, 1.165) is 23.5 Å². The first-order valence-electron chi connectivity index (χ1n) is 7.59. The van der Waals surface area contributed by atoms with Gasteiger partial charge in [0.15, 0.2) is 0 Å². The Kier molecular flexibility index (Phi) is 4.20. The van der Waals surface area contributed by atoms with E-state index in [4.69, 9.17) is 0 Å². The highest BCUT2D eigenvalue weighted by Crippen LogP contribution is 2.34. The Labute approximate surface area is 134 Å². The molecular weight excluding hydrogens is 296 g/mol. The van der Waals surface area contributed by atoms with Gasteiger partial charge in [-0.05, 0) is 40.0 Å². The van der Waals surface area contributed by atoms with Crippen LogP contribution in [-0.2, 0) is 6.42 Å². The summed E-state index contributed by atoms with van der Waals surface area (Å²) in [6.07, 6.45) is 4.98. The summed E-state index contributed by atoms with van der Waals surface area (Å²) in [4.78, 5) is 26.7. The molecule has 1 aliphatic rings. The van der Waals surface area contributed by atoms with E-state index in [-0.39, 0.29) is 5.91 Å². The number of amides is 1. The van der Waals surface area contributed by atoms with E-state index < -0.39 is 0 Å². The number of aryl methyl sites for hydroxylation is 4. The van der Waals surface area contributed by atoms with Crippen molar-refractivity contribution in [2.75, 3.05) is 6.54 Å². The molecule has 0 radical (unpaired) electrons. The normalized spacial score (nSPS) is 17.1. The maximum absolute atomic E-state index is 12.3. The van der Waals surface area contributed by atoms with Crippen LogP contribution in [0.15, 0.2) is 6.20 Å². The van der Waals surface area contributed by atoms with E-state index in [1.165, 1.54) is 17.0 Å². The van der Waals surface area contributed by atoms with Crippen molar-refractivity contribution >= 4 is 17.2 Å². The van der Waals surface area contributed by atoms with Crippen LogP contribution >= 0.6 is 11.3 Å². The van der Waals surface area contributed by atoms with E-state index in [9.17, 15) is 4.79 Å². The Morgan fingerprint density at radius 1 is 1.36 bits per heavy atom. The number of carbonyl (C=O) groups excluding carboxylic acids is 1. The van der Waals surface area contributed by atoms with Crippen LogP contribution in [0.1, 0.15) is 56.2 Å². The van der Waals surface area contributed by atoms with E-state index in [2.05, 4.69) is 20.3 Å². The molecule has 1 amide bonds. The highest BCUT2D eigenvalue weighted by molar-refractivity contribution is 7.11. The molecule has 2 aromatic rings. The fourth-order valence-electron chi connectivity index (χ4n) is 2.95. The molecule has 0 spiro atoms. The van der Waals surface area contributed by atoms with Gasteiger partial charge in [-0.2, -0.15) is 0 Å². The minimum atomic E-state index is -0.100. The van der Waals surface area contributed by atoms with Gasteiger partial charge in [-0.15, -0.1) is 11.3 Å². The molecule has 5 nitrogen and oxygen atoms in total. The fraction of sp³-hybridized carbons (Fsp3) is 0.500. The Bertz CT molecular complexity index is 710. The number of aromatic nitrogens is 3. The van der Waals surface area contributed by atoms with E-state index in [0.29, 0.717) is 23.9 Å². The average Bonchev–Trinajstić information content (AvgIpc) is 2.85. The Hall–Kier alpha value is -1.82. The zero-order valence-electron chi connectivity index (χ0n) is 13.1. The third-order valence-corrected chi connectivity index (χ3v) is 5.08. The number of hydrogen-bond donors (Lipinski definition) is 1. The van der Waals surface area contributed by atoms with Gasteiger partial charge in [-0.1, -0.05) is 0 Å². The number of carbonyl (C=O) groups is 1. The predicted molar refractivity (Wildman–Crippen MR) is 86.4 cm³/mol. The van der Waals surface area contributed by atoms with Crippen molar-refractivity contribution in [2.45, 2.75) is 46.0 Å². The topological polar surface area (TPSA) is 67.8 Å². The van der Waals surface area contributed by atoms with Crippen LogP contribution in [-0.4, -0.2) is 27.4 Å². The molecule has 1 aliphatic carbocycles. The fourth-order valence-corrected chi connectivity index (χ4v) is 4.01. The molecule has 6 heteroatoms. The van der Waals surface area contributed by atoms with Crippen LogP contribution in [0.2, 0.25) is 0 Å². The molecule has 0 saturated heterocycles. The second-order valence-corrected chi connectivity index (χ2v) is 7.04. The highest BCUT2D eigenvalue weighted by Gasteiger charge is 2.24. The summed E-state index contributed by atoms with van der Waals surface area (Å²) in [7, 11) is 0. The molecule has 0 aliphatic heterocycles. The molecule has 0 fully saturated rings. The molecule has 2 aromatic heterocycles. The van der Waals surface area contributed by atoms with Gasteiger partial charge in [0.2, 0.25) is 0 Å². The monoisotopic (exact) mass is 316 g/mol. The van der Waals surface area contributed by atoms with Crippen molar-refractivity contribution in [3.8, 4) is 0 Å².